The van der Waals surface area contributed by atoms with E-state index in [1.54, 1.807) is 11.0 Å². The van der Waals surface area contributed by atoms with Crippen LogP contribution in [0.3, 0.4) is 0 Å². The van der Waals surface area contributed by atoms with Gasteiger partial charge in [0.2, 0.25) is 5.91 Å². The first-order chi connectivity index (χ1) is 12.6. The molecule has 0 fully saturated rings. The van der Waals surface area contributed by atoms with Crippen LogP contribution in [0.2, 0.25) is 0 Å². The molecule has 1 aromatic heterocycles. The molecule has 5 heteroatoms. The molecule has 2 aromatic carbocycles. The highest BCUT2D eigenvalue weighted by molar-refractivity contribution is 5.87. The summed E-state index contributed by atoms with van der Waals surface area (Å²) in [6.07, 6.45) is 3.18. The van der Waals surface area contributed by atoms with E-state index in [9.17, 15) is 4.79 Å². The van der Waals surface area contributed by atoms with Crippen molar-refractivity contribution in [2.45, 2.75) is 32.4 Å². The predicted molar refractivity (Wildman–Crippen MR) is 102 cm³/mol. The molecule has 0 saturated heterocycles. The third-order valence-corrected chi connectivity index (χ3v) is 4.51. The van der Waals surface area contributed by atoms with E-state index < -0.39 is 0 Å². The Morgan fingerprint density at radius 2 is 1.58 bits per heavy atom. The number of amides is 1. The van der Waals surface area contributed by atoms with Gasteiger partial charge in [0.15, 0.2) is 0 Å². The molecule has 5 nitrogen and oxygen atoms in total. The first kappa shape index (κ1) is 17.9. The van der Waals surface area contributed by atoms with E-state index >= 15 is 0 Å². The zero-order valence-electron chi connectivity index (χ0n) is 15.1. The van der Waals surface area contributed by atoms with Crippen molar-refractivity contribution < 1.29 is 4.79 Å². The highest BCUT2D eigenvalue weighted by Gasteiger charge is 2.26. The summed E-state index contributed by atoms with van der Waals surface area (Å²) in [5.74, 6) is -0.0639. The molecule has 1 amide bonds. The van der Waals surface area contributed by atoms with Crippen molar-refractivity contribution in [1.29, 1.82) is 0 Å². The van der Waals surface area contributed by atoms with Crippen molar-refractivity contribution in [1.82, 2.24) is 20.1 Å². The fourth-order valence-corrected chi connectivity index (χ4v) is 3.00. The van der Waals surface area contributed by atoms with Gasteiger partial charge in [0.05, 0.1) is 18.5 Å². The third-order valence-electron chi connectivity index (χ3n) is 4.51. The minimum Gasteiger partial charge on any atom is -0.350 e. The number of nitrogens with one attached hydrogen (secondary N) is 1. The summed E-state index contributed by atoms with van der Waals surface area (Å²) >= 11 is 0. The van der Waals surface area contributed by atoms with Crippen molar-refractivity contribution in [3.63, 3.8) is 0 Å². The average molecular weight is 348 g/mol. The summed E-state index contributed by atoms with van der Waals surface area (Å²) in [4.78, 5) is 17.2. The van der Waals surface area contributed by atoms with Gasteiger partial charge in [-0.05, 0) is 17.0 Å². The molecule has 0 aliphatic heterocycles. The number of hydrogen-bond donors (Lipinski definition) is 1. The summed E-state index contributed by atoms with van der Waals surface area (Å²) in [7, 11) is 0. The topological polar surface area (TPSA) is 59.8 Å². The minimum atomic E-state index is -0.339. The monoisotopic (exact) mass is 348 g/mol. The Kier molecular flexibility index (Phi) is 5.79. The minimum absolute atomic E-state index is 0.00113. The van der Waals surface area contributed by atoms with Crippen LogP contribution in [0, 0.1) is 5.92 Å². The van der Waals surface area contributed by atoms with Crippen molar-refractivity contribution in [3.05, 3.63) is 84.4 Å². The SMILES string of the molecule is CC(C)[C@@H](Cn1cncn1)NC(=O)C(c1ccccc1)c1ccccc1. The molecule has 134 valence electrons. The maximum Gasteiger partial charge on any atom is 0.232 e. The average Bonchev–Trinajstić information content (AvgIpc) is 3.16. The molecule has 0 aliphatic carbocycles. The number of aromatic nitrogens is 3. The molecular formula is C21H24N4O. The first-order valence-corrected chi connectivity index (χ1v) is 8.88. The van der Waals surface area contributed by atoms with Crippen LogP contribution in [0.4, 0.5) is 0 Å². The molecule has 3 rings (SSSR count). The number of hydrogen-bond acceptors (Lipinski definition) is 3. The van der Waals surface area contributed by atoms with Crippen LogP contribution in [0.25, 0.3) is 0 Å². The lowest BCUT2D eigenvalue weighted by Gasteiger charge is -2.26. The zero-order valence-corrected chi connectivity index (χ0v) is 15.1. The fraction of sp³-hybridized carbons (Fsp3) is 0.286. The van der Waals surface area contributed by atoms with Gasteiger partial charge >= 0.3 is 0 Å². The molecule has 26 heavy (non-hydrogen) atoms. The lowest BCUT2D eigenvalue weighted by atomic mass is 9.90. The second-order valence-corrected chi connectivity index (χ2v) is 6.73. The van der Waals surface area contributed by atoms with Gasteiger partial charge in [-0.1, -0.05) is 74.5 Å². The van der Waals surface area contributed by atoms with Crippen LogP contribution in [0.1, 0.15) is 30.9 Å². The lowest BCUT2D eigenvalue weighted by molar-refractivity contribution is -0.122. The van der Waals surface area contributed by atoms with Crippen LogP contribution in [0.15, 0.2) is 73.3 Å². The lowest BCUT2D eigenvalue weighted by Crippen LogP contribution is -2.44. The summed E-state index contributed by atoms with van der Waals surface area (Å²) in [6.45, 7) is 4.80. The van der Waals surface area contributed by atoms with Crippen molar-refractivity contribution in [2.75, 3.05) is 0 Å². The quantitative estimate of drug-likeness (QED) is 0.713. The summed E-state index contributed by atoms with van der Waals surface area (Å²) in [5.41, 5.74) is 1.97. The largest absolute Gasteiger partial charge is 0.350 e. The molecule has 1 atom stereocenters. The number of rotatable bonds is 7. The molecule has 0 aliphatic rings. The number of benzene rings is 2. The smallest absolute Gasteiger partial charge is 0.232 e. The summed E-state index contributed by atoms with van der Waals surface area (Å²) < 4.78 is 1.75. The van der Waals surface area contributed by atoms with Gasteiger partial charge in [-0.15, -0.1) is 0 Å². The van der Waals surface area contributed by atoms with Gasteiger partial charge in [0.1, 0.15) is 12.7 Å². The Labute approximate surface area is 154 Å². The Morgan fingerprint density at radius 3 is 2.04 bits per heavy atom. The fourth-order valence-electron chi connectivity index (χ4n) is 3.00. The van der Waals surface area contributed by atoms with Crippen LogP contribution in [-0.4, -0.2) is 26.7 Å². The normalized spacial score (nSPS) is 12.3. The van der Waals surface area contributed by atoms with Crippen LogP contribution in [-0.2, 0) is 11.3 Å². The van der Waals surface area contributed by atoms with Gasteiger partial charge in [0.25, 0.3) is 0 Å². The molecule has 1 N–H and O–H groups in total. The van der Waals surface area contributed by atoms with Crippen molar-refractivity contribution in [2.24, 2.45) is 5.92 Å². The maximum absolute atomic E-state index is 13.2. The van der Waals surface area contributed by atoms with E-state index in [4.69, 9.17) is 0 Å². The maximum atomic E-state index is 13.2. The molecule has 1 heterocycles. The van der Waals surface area contributed by atoms with Crippen molar-refractivity contribution >= 4 is 5.91 Å². The Morgan fingerprint density at radius 1 is 1.00 bits per heavy atom. The number of carbonyl (C=O) groups is 1. The first-order valence-electron chi connectivity index (χ1n) is 8.88. The Hall–Kier alpha value is -2.95. The van der Waals surface area contributed by atoms with E-state index in [0.29, 0.717) is 6.54 Å². The van der Waals surface area contributed by atoms with E-state index in [1.807, 2.05) is 60.7 Å². The van der Waals surface area contributed by atoms with Gasteiger partial charge in [-0.3, -0.25) is 9.48 Å². The van der Waals surface area contributed by atoms with Crippen LogP contribution in [0.5, 0.6) is 0 Å². The second kappa shape index (κ2) is 8.43. The predicted octanol–water partition coefficient (Wildman–Crippen LogP) is 3.25. The van der Waals surface area contributed by atoms with E-state index in [2.05, 4.69) is 29.2 Å². The Balaban J connectivity index is 1.85. The molecule has 3 aromatic rings. The number of carbonyl (C=O) groups excluding carboxylic acids is 1. The number of nitrogens with zero attached hydrogens (tertiary/aromatic N) is 3. The molecular weight excluding hydrogens is 324 g/mol. The molecule has 0 saturated carbocycles. The summed E-state index contributed by atoms with van der Waals surface area (Å²) in [5, 5.41) is 7.39. The third kappa shape index (κ3) is 4.36. The second-order valence-electron chi connectivity index (χ2n) is 6.73. The highest BCUT2D eigenvalue weighted by atomic mass is 16.2. The Bertz CT molecular complexity index is 761. The standard InChI is InChI=1S/C21H24N4O/c1-16(2)19(13-25-15-22-14-23-25)24-21(26)20(17-9-5-3-6-10-17)18-11-7-4-8-12-18/h3-12,14-16,19-20H,13H2,1-2H3,(H,24,26)/t19-/m1/s1. The van der Waals surface area contributed by atoms with E-state index in [0.717, 1.165) is 11.1 Å². The molecule has 0 unspecified atom stereocenters. The van der Waals surface area contributed by atoms with Gasteiger partial charge in [-0.25, -0.2) is 4.98 Å². The molecule has 0 radical (unpaired) electrons. The molecule has 0 bridgehead atoms. The van der Waals surface area contributed by atoms with Crippen LogP contribution < -0.4 is 5.32 Å². The van der Waals surface area contributed by atoms with E-state index in [-0.39, 0.29) is 23.8 Å². The van der Waals surface area contributed by atoms with Gasteiger partial charge < -0.3 is 5.32 Å². The van der Waals surface area contributed by atoms with Gasteiger partial charge in [0, 0.05) is 0 Å². The van der Waals surface area contributed by atoms with Crippen LogP contribution >= 0.6 is 0 Å². The summed E-state index contributed by atoms with van der Waals surface area (Å²) in [6, 6.07) is 19.8. The highest BCUT2D eigenvalue weighted by Crippen LogP contribution is 2.25. The van der Waals surface area contributed by atoms with Gasteiger partial charge in [-0.2, -0.15) is 5.10 Å². The zero-order chi connectivity index (χ0) is 18.4. The van der Waals surface area contributed by atoms with Crippen molar-refractivity contribution in [3.8, 4) is 0 Å². The van der Waals surface area contributed by atoms with E-state index in [1.165, 1.54) is 6.33 Å². The molecule has 0 spiro atoms.